The molecule has 0 amide bonds. The van der Waals surface area contributed by atoms with Crippen LogP contribution in [0.25, 0.3) is 0 Å². The normalized spacial score (nSPS) is 11.3. The van der Waals surface area contributed by atoms with E-state index in [-0.39, 0.29) is 17.3 Å². The summed E-state index contributed by atoms with van der Waals surface area (Å²) in [6.45, 7) is 3.61. The molecule has 0 atom stereocenters. The van der Waals surface area contributed by atoms with Crippen LogP contribution in [0.5, 0.6) is 5.75 Å². The number of nitrogens with one attached hydrogen (secondary N) is 1. The first kappa shape index (κ1) is 16.2. The second-order valence-corrected chi connectivity index (χ2v) is 6.27. The van der Waals surface area contributed by atoms with E-state index in [0.717, 1.165) is 11.6 Å². The van der Waals surface area contributed by atoms with Crippen molar-refractivity contribution in [2.24, 2.45) is 0 Å². The second-order valence-electron chi connectivity index (χ2n) is 4.59. The molecule has 118 valence electrons. The highest BCUT2D eigenvalue weighted by Crippen LogP contribution is 2.27. The summed E-state index contributed by atoms with van der Waals surface area (Å²) in [6, 6.07) is 8.30. The van der Waals surface area contributed by atoms with Crippen LogP contribution in [0.1, 0.15) is 12.5 Å². The van der Waals surface area contributed by atoms with Gasteiger partial charge in [0, 0.05) is 0 Å². The van der Waals surface area contributed by atoms with Crippen molar-refractivity contribution in [2.45, 2.75) is 18.7 Å². The molecule has 0 radical (unpaired) electrons. The fourth-order valence-electron chi connectivity index (χ4n) is 1.80. The molecule has 22 heavy (non-hydrogen) atoms. The molecular formula is C15H15F2NO3S. The molecule has 1 N–H and O–H groups in total. The number of hydrogen-bond acceptors (Lipinski definition) is 3. The molecule has 0 aliphatic rings. The van der Waals surface area contributed by atoms with E-state index in [9.17, 15) is 17.2 Å². The Bertz CT molecular complexity index is 774. The van der Waals surface area contributed by atoms with Crippen molar-refractivity contribution >= 4 is 15.7 Å². The van der Waals surface area contributed by atoms with Crippen molar-refractivity contribution in [1.29, 1.82) is 0 Å². The molecule has 0 saturated carbocycles. The van der Waals surface area contributed by atoms with E-state index in [1.54, 1.807) is 19.1 Å². The number of hydrogen-bond donors (Lipinski definition) is 1. The van der Waals surface area contributed by atoms with Gasteiger partial charge in [0.2, 0.25) is 5.82 Å². The molecule has 2 aromatic rings. The highest BCUT2D eigenvalue weighted by atomic mass is 32.2. The van der Waals surface area contributed by atoms with Crippen LogP contribution >= 0.6 is 0 Å². The molecule has 2 rings (SSSR count). The maximum Gasteiger partial charge on any atom is 0.261 e. The minimum atomic E-state index is -3.99. The summed E-state index contributed by atoms with van der Waals surface area (Å²) in [5.74, 6) is -2.80. The maximum absolute atomic E-state index is 13.9. The summed E-state index contributed by atoms with van der Waals surface area (Å²) < 4.78 is 58.9. The smallest absolute Gasteiger partial charge is 0.261 e. The van der Waals surface area contributed by atoms with Gasteiger partial charge in [-0.3, -0.25) is 4.72 Å². The van der Waals surface area contributed by atoms with Crippen LogP contribution in [0.2, 0.25) is 0 Å². The Balaban J connectivity index is 2.34. The molecule has 0 heterocycles. The monoisotopic (exact) mass is 327 g/mol. The summed E-state index contributed by atoms with van der Waals surface area (Å²) in [6.07, 6.45) is 0. The van der Waals surface area contributed by atoms with Gasteiger partial charge in [0.15, 0.2) is 11.6 Å². The van der Waals surface area contributed by atoms with Crippen LogP contribution in [0.3, 0.4) is 0 Å². The van der Waals surface area contributed by atoms with Crippen LogP contribution in [0.4, 0.5) is 14.5 Å². The third kappa shape index (κ3) is 3.36. The summed E-state index contributed by atoms with van der Waals surface area (Å²) in [7, 11) is -3.99. The van der Waals surface area contributed by atoms with Crippen molar-refractivity contribution in [2.75, 3.05) is 11.3 Å². The molecule has 0 bridgehead atoms. The Morgan fingerprint density at radius 2 is 1.68 bits per heavy atom. The van der Waals surface area contributed by atoms with E-state index < -0.39 is 27.3 Å². The number of halogens is 2. The van der Waals surface area contributed by atoms with Crippen molar-refractivity contribution in [3.05, 3.63) is 53.6 Å². The second kappa shape index (κ2) is 6.31. The van der Waals surface area contributed by atoms with E-state index in [1.807, 2.05) is 11.6 Å². The first-order valence-corrected chi connectivity index (χ1v) is 8.03. The topological polar surface area (TPSA) is 55.4 Å². The van der Waals surface area contributed by atoms with E-state index in [2.05, 4.69) is 0 Å². The summed E-state index contributed by atoms with van der Waals surface area (Å²) in [5.41, 5.74) is 0.416. The lowest BCUT2D eigenvalue weighted by atomic mass is 10.2. The SMILES string of the molecule is CCOc1ccc(NS(=O)(=O)c2ccc(C)cc2)c(F)c1F. The van der Waals surface area contributed by atoms with Crippen molar-refractivity contribution < 1.29 is 21.9 Å². The van der Waals surface area contributed by atoms with Crippen LogP contribution in [0, 0.1) is 18.6 Å². The van der Waals surface area contributed by atoms with Gasteiger partial charge in [-0.15, -0.1) is 0 Å². The lowest BCUT2D eigenvalue weighted by Crippen LogP contribution is -2.14. The summed E-state index contributed by atoms with van der Waals surface area (Å²) >= 11 is 0. The van der Waals surface area contributed by atoms with E-state index in [0.29, 0.717) is 0 Å². The maximum atomic E-state index is 13.9. The molecule has 2 aromatic carbocycles. The highest BCUT2D eigenvalue weighted by molar-refractivity contribution is 7.92. The third-order valence-corrected chi connectivity index (χ3v) is 4.30. The number of aryl methyl sites for hydroxylation is 1. The van der Waals surface area contributed by atoms with Crippen molar-refractivity contribution in [3.8, 4) is 5.75 Å². The van der Waals surface area contributed by atoms with E-state index in [1.165, 1.54) is 18.2 Å². The van der Waals surface area contributed by atoms with Gasteiger partial charge in [-0.1, -0.05) is 17.7 Å². The number of sulfonamides is 1. The van der Waals surface area contributed by atoms with Crippen molar-refractivity contribution in [1.82, 2.24) is 0 Å². The molecule has 0 aliphatic carbocycles. The van der Waals surface area contributed by atoms with Gasteiger partial charge in [-0.2, -0.15) is 4.39 Å². The average molecular weight is 327 g/mol. The lowest BCUT2D eigenvalue weighted by molar-refractivity contribution is 0.314. The minimum Gasteiger partial charge on any atom is -0.491 e. The van der Waals surface area contributed by atoms with Crippen LogP contribution in [-0.4, -0.2) is 15.0 Å². The Hall–Kier alpha value is -2.15. The summed E-state index contributed by atoms with van der Waals surface area (Å²) in [5, 5.41) is 0. The van der Waals surface area contributed by atoms with Crippen LogP contribution < -0.4 is 9.46 Å². The zero-order valence-corrected chi connectivity index (χ0v) is 12.9. The predicted octanol–water partition coefficient (Wildman–Crippen LogP) is 3.47. The van der Waals surface area contributed by atoms with Gasteiger partial charge in [0.25, 0.3) is 10.0 Å². The number of rotatable bonds is 5. The molecular weight excluding hydrogens is 312 g/mol. The molecule has 0 saturated heterocycles. The highest BCUT2D eigenvalue weighted by Gasteiger charge is 2.20. The van der Waals surface area contributed by atoms with Gasteiger partial charge in [0.1, 0.15) is 0 Å². The standard InChI is InChI=1S/C15H15F2NO3S/c1-3-21-13-9-8-12(14(16)15(13)17)18-22(19,20)11-6-4-10(2)5-7-11/h4-9,18H,3H2,1-2H3. The zero-order chi connectivity index (χ0) is 16.3. The molecule has 0 unspecified atom stereocenters. The largest absolute Gasteiger partial charge is 0.491 e. The number of anilines is 1. The Morgan fingerprint density at radius 3 is 2.27 bits per heavy atom. The number of benzene rings is 2. The van der Waals surface area contributed by atoms with E-state index >= 15 is 0 Å². The molecule has 0 aliphatic heterocycles. The zero-order valence-electron chi connectivity index (χ0n) is 12.1. The summed E-state index contributed by atoms with van der Waals surface area (Å²) in [4.78, 5) is -0.0354. The first-order valence-electron chi connectivity index (χ1n) is 6.55. The first-order chi connectivity index (χ1) is 10.3. The molecule has 4 nitrogen and oxygen atoms in total. The Kier molecular flexibility index (Phi) is 4.65. The van der Waals surface area contributed by atoms with Crippen molar-refractivity contribution in [3.63, 3.8) is 0 Å². The lowest BCUT2D eigenvalue weighted by Gasteiger charge is -2.11. The van der Waals surface area contributed by atoms with Gasteiger partial charge >= 0.3 is 0 Å². The molecule has 0 spiro atoms. The van der Waals surface area contributed by atoms with E-state index in [4.69, 9.17) is 4.74 Å². The third-order valence-electron chi connectivity index (χ3n) is 2.92. The van der Waals surface area contributed by atoms with Gasteiger partial charge < -0.3 is 4.74 Å². The minimum absolute atomic E-state index is 0.0354. The Labute approximate surface area is 127 Å². The van der Waals surface area contributed by atoms with Gasteiger partial charge in [-0.05, 0) is 38.1 Å². The molecule has 0 fully saturated rings. The fraction of sp³-hybridized carbons (Fsp3) is 0.200. The number of ether oxygens (including phenoxy) is 1. The average Bonchev–Trinajstić information content (AvgIpc) is 2.47. The van der Waals surface area contributed by atoms with Gasteiger partial charge in [0.05, 0.1) is 17.2 Å². The quantitative estimate of drug-likeness (QED) is 0.915. The van der Waals surface area contributed by atoms with Crippen LogP contribution in [-0.2, 0) is 10.0 Å². The van der Waals surface area contributed by atoms with Gasteiger partial charge in [-0.25, -0.2) is 12.8 Å². The molecule has 7 heteroatoms. The predicted molar refractivity (Wildman–Crippen MR) is 79.5 cm³/mol. The van der Waals surface area contributed by atoms with Crippen LogP contribution in [0.15, 0.2) is 41.3 Å². The fourth-order valence-corrected chi connectivity index (χ4v) is 2.86. The Morgan fingerprint density at radius 1 is 1.05 bits per heavy atom. The molecule has 0 aromatic heterocycles.